The summed E-state index contributed by atoms with van der Waals surface area (Å²) in [6.45, 7) is 0. The minimum atomic E-state index is -3.73. The minimum absolute atomic E-state index is 0.151. The van der Waals surface area contributed by atoms with Crippen LogP contribution in [-0.4, -0.2) is 70.6 Å². The number of carbonyl (C=O) groups is 3. The van der Waals surface area contributed by atoms with Gasteiger partial charge in [-0.3, -0.25) is 14.9 Å². The molecule has 1 amide bonds. The number of aryl methyl sites for hydroxylation is 1. The number of rotatable bonds is 7. The highest BCUT2D eigenvalue weighted by atomic mass is 32.2. The van der Waals surface area contributed by atoms with E-state index in [1.54, 1.807) is 0 Å². The molecule has 2 heterocycles. The maximum Gasteiger partial charge on any atom is 0.327 e. The molecular formula is C19H24N2O7S. The molecule has 1 aromatic carbocycles. The lowest BCUT2D eigenvalue weighted by Gasteiger charge is -2.29. The summed E-state index contributed by atoms with van der Waals surface area (Å²) < 4.78 is 24.7. The Morgan fingerprint density at radius 3 is 2.48 bits per heavy atom. The van der Waals surface area contributed by atoms with Gasteiger partial charge in [0, 0.05) is 0 Å². The summed E-state index contributed by atoms with van der Waals surface area (Å²) in [5.74, 6) is -3.75. The van der Waals surface area contributed by atoms with Crippen LogP contribution < -0.4 is 5.32 Å². The number of nitrogens with zero attached hydrogens (tertiary/aromatic N) is 1. The number of hydrogen-bond donors (Lipinski definition) is 3. The first kappa shape index (κ1) is 21.3. The van der Waals surface area contributed by atoms with E-state index in [1.807, 2.05) is 30.3 Å². The monoisotopic (exact) mass is 424 g/mol. The zero-order valence-electron chi connectivity index (χ0n) is 15.7. The lowest BCUT2D eigenvalue weighted by atomic mass is 10.0. The SMILES string of the molecule is O=C(O)C(CCc1ccccc1)N[C@H]1CCC[C@H]2N(C1=O)[C@H](C(=O)O)CS2(=O)=O. The highest BCUT2D eigenvalue weighted by molar-refractivity contribution is 7.92. The molecule has 158 valence electrons. The van der Waals surface area contributed by atoms with Crippen LogP contribution >= 0.6 is 0 Å². The molecule has 10 heteroatoms. The molecule has 0 spiro atoms. The van der Waals surface area contributed by atoms with Crippen molar-refractivity contribution in [2.45, 2.75) is 55.6 Å². The summed E-state index contributed by atoms with van der Waals surface area (Å²) in [6.07, 6.45) is 1.51. The van der Waals surface area contributed by atoms with Crippen molar-refractivity contribution in [1.29, 1.82) is 0 Å². The van der Waals surface area contributed by atoms with E-state index in [0.717, 1.165) is 10.5 Å². The molecule has 0 bridgehead atoms. The Balaban J connectivity index is 1.76. The number of fused-ring (bicyclic) bond motifs is 1. The van der Waals surface area contributed by atoms with Crippen LogP contribution in [0, 0.1) is 0 Å². The summed E-state index contributed by atoms with van der Waals surface area (Å²) >= 11 is 0. The molecule has 3 rings (SSSR count). The predicted octanol–water partition coefficient (Wildman–Crippen LogP) is 0.251. The molecule has 3 N–H and O–H groups in total. The van der Waals surface area contributed by atoms with Crippen molar-refractivity contribution in [3.05, 3.63) is 35.9 Å². The highest BCUT2D eigenvalue weighted by Gasteiger charge is 2.53. The largest absolute Gasteiger partial charge is 0.480 e. The van der Waals surface area contributed by atoms with Crippen LogP contribution in [0.4, 0.5) is 0 Å². The molecular weight excluding hydrogens is 400 g/mol. The second-order valence-electron chi connectivity index (χ2n) is 7.45. The number of benzene rings is 1. The second-order valence-corrected chi connectivity index (χ2v) is 9.65. The average Bonchev–Trinajstić information content (AvgIpc) is 2.83. The maximum atomic E-state index is 13.0. The van der Waals surface area contributed by atoms with Gasteiger partial charge in [-0.05, 0) is 37.7 Å². The third-order valence-corrected chi connectivity index (χ3v) is 7.57. The van der Waals surface area contributed by atoms with E-state index in [1.165, 1.54) is 0 Å². The Bertz CT molecular complexity index is 887. The van der Waals surface area contributed by atoms with Gasteiger partial charge < -0.3 is 15.1 Å². The Morgan fingerprint density at radius 1 is 1.17 bits per heavy atom. The summed E-state index contributed by atoms with van der Waals surface area (Å²) in [7, 11) is -3.73. The van der Waals surface area contributed by atoms with Crippen molar-refractivity contribution in [3.63, 3.8) is 0 Å². The number of hydrogen-bond acceptors (Lipinski definition) is 6. The second kappa shape index (κ2) is 8.50. The van der Waals surface area contributed by atoms with Crippen LogP contribution in [0.2, 0.25) is 0 Å². The van der Waals surface area contributed by atoms with Crippen molar-refractivity contribution in [1.82, 2.24) is 10.2 Å². The predicted molar refractivity (Wildman–Crippen MR) is 103 cm³/mol. The van der Waals surface area contributed by atoms with Gasteiger partial charge in [0.1, 0.15) is 17.5 Å². The van der Waals surface area contributed by atoms with Gasteiger partial charge in [-0.2, -0.15) is 0 Å². The van der Waals surface area contributed by atoms with Gasteiger partial charge >= 0.3 is 11.9 Å². The Labute approximate surface area is 168 Å². The summed E-state index contributed by atoms with van der Waals surface area (Å²) in [4.78, 5) is 37.2. The molecule has 2 aliphatic heterocycles. The van der Waals surface area contributed by atoms with E-state index in [0.29, 0.717) is 12.8 Å². The van der Waals surface area contributed by atoms with Gasteiger partial charge in [0.05, 0.1) is 11.8 Å². The van der Waals surface area contributed by atoms with Gasteiger partial charge in [-0.1, -0.05) is 30.3 Å². The fraction of sp³-hybridized carbons (Fsp3) is 0.526. The third kappa shape index (κ3) is 4.59. The topological polar surface area (TPSA) is 141 Å². The number of carboxylic acids is 2. The zero-order chi connectivity index (χ0) is 21.2. The zero-order valence-corrected chi connectivity index (χ0v) is 16.5. The van der Waals surface area contributed by atoms with Crippen LogP contribution in [0.25, 0.3) is 0 Å². The molecule has 0 aromatic heterocycles. The quantitative estimate of drug-likeness (QED) is 0.566. The van der Waals surface area contributed by atoms with Gasteiger partial charge in [-0.15, -0.1) is 0 Å². The van der Waals surface area contributed by atoms with E-state index in [2.05, 4.69) is 5.32 Å². The number of aliphatic carboxylic acids is 2. The van der Waals surface area contributed by atoms with E-state index < -0.39 is 56.9 Å². The molecule has 1 aromatic rings. The summed E-state index contributed by atoms with van der Waals surface area (Å²) in [6, 6.07) is 5.95. The van der Waals surface area contributed by atoms with E-state index in [4.69, 9.17) is 0 Å². The van der Waals surface area contributed by atoms with E-state index in [-0.39, 0.29) is 19.3 Å². The Hall–Kier alpha value is -2.46. The first-order valence-corrected chi connectivity index (χ1v) is 11.2. The molecule has 0 saturated carbocycles. The van der Waals surface area contributed by atoms with Crippen molar-refractivity contribution < 1.29 is 33.0 Å². The first-order valence-electron chi connectivity index (χ1n) is 9.50. The van der Waals surface area contributed by atoms with Crippen LogP contribution in [0.1, 0.15) is 31.2 Å². The normalized spacial score (nSPS) is 27.1. The highest BCUT2D eigenvalue weighted by Crippen LogP contribution is 2.32. The standard InChI is InChI=1S/C19H24N2O7S/c22-17-13(20-14(18(23)24)10-9-12-5-2-1-3-6-12)7-4-8-16-21(17)15(19(25)26)11-29(16,27)28/h1-3,5-6,13-16,20H,4,7-11H2,(H,23,24)(H,25,26)/t13-,14?,15-,16-/m0/s1. The van der Waals surface area contributed by atoms with E-state index in [9.17, 15) is 33.0 Å². The number of amides is 1. The van der Waals surface area contributed by atoms with Gasteiger partial charge in [0.25, 0.3) is 0 Å². The maximum absolute atomic E-state index is 13.0. The Kier molecular flexibility index (Phi) is 6.23. The fourth-order valence-corrected chi connectivity index (χ4v) is 6.11. The molecule has 9 nitrogen and oxygen atoms in total. The van der Waals surface area contributed by atoms with Crippen LogP contribution in [0.3, 0.4) is 0 Å². The van der Waals surface area contributed by atoms with Gasteiger partial charge in [0.2, 0.25) is 5.91 Å². The number of carbonyl (C=O) groups excluding carboxylic acids is 1. The lowest BCUT2D eigenvalue weighted by Crippen LogP contribution is -2.55. The smallest absolute Gasteiger partial charge is 0.327 e. The van der Waals surface area contributed by atoms with Crippen LogP contribution in [0.15, 0.2) is 30.3 Å². The number of nitrogens with one attached hydrogen (secondary N) is 1. The van der Waals surface area contributed by atoms with E-state index >= 15 is 0 Å². The molecule has 2 fully saturated rings. The van der Waals surface area contributed by atoms with Crippen molar-refractivity contribution >= 4 is 27.7 Å². The fourth-order valence-electron chi connectivity index (χ4n) is 4.02. The summed E-state index contributed by atoms with van der Waals surface area (Å²) in [5.41, 5.74) is 0.962. The average molecular weight is 424 g/mol. The van der Waals surface area contributed by atoms with Crippen molar-refractivity contribution in [2.24, 2.45) is 0 Å². The molecule has 0 aliphatic carbocycles. The molecule has 2 saturated heterocycles. The Morgan fingerprint density at radius 2 is 1.86 bits per heavy atom. The molecule has 1 unspecified atom stereocenters. The molecule has 29 heavy (non-hydrogen) atoms. The van der Waals surface area contributed by atoms with Crippen molar-refractivity contribution in [3.8, 4) is 0 Å². The molecule has 0 radical (unpaired) electrons. The minimum Gasteiger partial charge on any atom is -0.480 e. The number of sulfone groups is 1. The van der Waals surface area contributed by atoms with Crippen LogP contribution in [-0.2, 0) is 30.6 Å². The van der Waals surface area contributed by atoms with Gasteiger partial charge in [-0.25, -0.2) is 13.2 Å². The van der Waals surface area contributed by atoms with Crippen molar-refractivity contribution in [2.75, 3.05) is 5.75 Å². The molecule has 2 aliphatic rings. The summed E-state index contributed by atoms with van der Waals surface area (Å²) in [5, 5.41) is 20.6. The van der Waals surface area contributed by atoms with Gasteiger partial charge in [0.15, 0.2) is 9.84 Å². The third-order valence-electron chi connectivity index (χ3n) is 5.50. The first-order chi connectivity index (χ1) is 13.7. The molecule has 4 atom stereocenters. The van der Waals surface area contributed by atoms with Crippen LogP contribution in [0.5, 0.6) is 0 Å². The lowest BCUT2D eigenvalue weighted by molar-refractivity contribution is -0.150. The number of carboxylic acid groups (broad SMARTS) is 2.